The lowest BCUT2D eigenvalue weighted by Crippen LogP contribution is -2.13. The molecule has 1 N–H and O–H groups in total. The van der Waals surface area contributed by atoms with Crippen LogP contribution in [0.25, 0.3) is 21.9 Å². The molecule has 0 fully saturated rings. The smallest absolute Gasteiger partial charge is 0.257 e. The van der Waals surface area contributed by atoms with E-state index < -0.39 is 0 Å². The Morgan fingerprint density at radius 2 is 1.90 bits per heavy atom. The second-order valence-electron chi connectivity index (χ2n) is 6.69. The molecule has 0 saturated carbocycles. The van der Waals surface area contributed by atoms with E-state index in [1.54, 1.807) is 30.0 Å². The summed E-state index contributed by atoms with van der Waals surface area (Å²) in [6.45, 7) is 4.68. The monoisotopic (exact) mass is 390 g/mol. The normalized spacial score (nSPS) is 11.0. The molecule has 0 unspecified atom stereocenters. The number of methoxy groups -OCH3 is 2. The maximum Gasteiger partial charge on any atom is 0.257 e. The summed E-state index contributed by atoms with van der Waals surface area (Å²) in [6.07, 6.45) is 0. The van der Waals surface area contributed by atoms with Gasteiger partial charge in [0.15, 0.2) is 23.0 Å². The zero-order valence-corrected chi connectivity index (χ0v) is 16.8. The molecule has 0 aliphatic heterocycles. The fraction of sp³-hybridized carbons (Fsp3) is 0.227. The lowest BCUT2D eigenvalue weighted by molar-refractivity contribution is 0.102. The molecule has 2 aromatic heterocycles. The van der Waals surface area contributed by atoms with Gasteiger partial charge in [0.1, 0.15) is 0 Å². The van der Waals surface area contributed by atoms with Gasteiger partial charge in [0.05, 0.1) is 25.1 Å². The van der Waals surface area contributed by atoms with Crippen LogP contribution < -0.4 is 14.8 Å². The molecule has 1 amide bonds. The lowest BCUT2D eigenvalue weighted by Gasteiger charge is -2.09. The highest BCUT2D eigenvalue weighted by Gasteiger charge is 2.17. The van der Waals surface area contributed by atoms with Crippen molar-refractivity contribution in [3.8, 4) is 11.5 Å². The van der Waals surface area contributed by atoms with Crippen LogP contribution in [0.3, 0.4) is 0 Å². The van der Waals surface area contributed by atoms with Crippen LogP contribution in [-0.2, 0) is 6.54 Å². The predicted molar refractivity (Wildman–Crippen MR) is 113 cm³/mol. The van der Waals surface area contributed by atoms with Crippen molar-refractivity contribution in [1.82, 2.24) is 14.8 Å². The molecule has 0 bridgehead atoms. The van der Waals surface area contributed by atoms with Crippen LogP contribution in [0.2, 0.25) is 0 Å². The molecule has 7 nitrogen and oxygen atoms in total. The second kappa shape index (κ2) is 7.43. The van der Waals surface area contributed by atoms with Gasteiger partial charge in [0, 0.05) is 17.5 Å². The molecule has 7 heteroatoms. The van der Waals surface area contributed by atoms with Crippen molar-refractivity contribution in [2.75, 3.05) is 19.5 Å². The number of rotatable bonds is 5. The van der Waals surface area contributed by atoms with Gasteiger partial charge in [-0.25, -0.2) is 9.67 Å². The zero-order valence-electron chi connectivity index (χ0n) is 16.8. The minimum absolute atomic E-state index is 0.280. The molecule has 2 aromatic carbocycles. The van der Waals surface area contributed by atoms with E-state index in [-0.39, 0.29) is 5.91 Å². The summed E-state index contributed by atoms with van der Waals surface area (Å²) in [5.74, 6) is 1.26. The van der Waals surface area contributed by atoms with Gasteiger partial charge in [-0.2, -0.15) is 5.10 Å². The Balaban J connectivity index is 1.77. The molecule has 148 valence electrons. The van der Waals surface area contributed by atoms with E-state index in [1.165, 1.54) is 7.11 Å². The number of fused-ring (bicyclic) bond motifs is 2. The van der Waals surface area contributed by atoms with E-state index in [2.05, 4.69) is 10.4 Å². The summed E-state index contributed by atoms with van der Waals surface area (Å²) >= 11 is 0. The van der Waals surface area contributed by atoms with Crippen LogP contribution in [0.4, 0.5) is 5.82 Å². The quantitative estimate of drug-likeness (QED) is 0.553. The SMILES string of the molecule is CCn1nc(NC(=O)c2ccc(OC)c(OC)c2)c2cc3cccc(C)c3nc21. The number of pyridine rings is 1. The van der Waals surface area contributed by atoms with Gasteiger partial charge in [-0.05, 0) is 43.7 Å². The molecule has 29 heavy (non-hydrogen) atoms. The van der Waals surface area contributed by atoms with Crippen molar-refractivity contribution in [2.24, 2.45) is 0 Å². The first-order valence-corrected chi connectivity index (χ1v) is 9.36. The summed E-state index contributed by atoms with van der Waals surface area (Å²) in [5, 5.41) is 9.30. The standard InChI is InChI=1S/C22H22N4O3/c1-5-26-21-16(11-14-8-6-7-13(2)19(14)23-21)20(25-26)24-22(27)15-9-10-17(28-3)18(12-15)29-4/h6-12H,5H2,1-4H3,(H,24,25,27). The van der Waals surface area contributed by atoms with Gasteiger partial charge in [0.2, 0.25) is 0 Å². The third-order valence-electron chi connectivity index (χ3n) is 4.92. The van der Waals surface area contributed by atoms with Crippen molar-refractivity contribution >= 4 is 33.7 Å². The van der Waals surface area contributed by atoms with Crippen molar-refractivity contribution < 1.29 is 14.3 Å². The van der Waals surface area contributed by atoms with Crippen LogP contribution in [0.1, 0.15) is 22.8 Å². The van der Waals surface area contributed by atoms with Crippen LogP contribution in [0, 0.1) is 6.92 Å². The molecule has 0 aliphatic carbocycles. The molecule has 4 aromatic rings. The average Bonchev–Trinajstić information content (AvgIpc) is 3.08. The molecule has 0 aliphatic rings. The van der Waals surface area contributed by atoms with E-state index in [4.69, 9.17) is 14.5 Å². The van der Waals surface area contributed by atoms with Gasteiger partial charge < -0.3 is 14.8 Å². The van der Waals surface area contributed by atoms with Crippen molar-refractivity contribution in [3.63, 3.8) is 0 Å². The van der Waals surface area contributed by atoms with Gasteiger partial charge >= 0.3 is 0 Å². The molecule has 0 spiro atoms. The number of nitrogens with one attached hydrogen (secondary N) is 1. The van der Waals surface area contributed by atoms with Crippen LogP contribution >= 0.6 is 0 Å². The van der Waals surface area contributed by atoms with Crippen LogP contribution in [0.5, 0.6) is 11.5 Å². The Kier molecular flexibility index (Phi) is 4.80. The molecule has 4 rings (SSSR count). The first kappa shape index (κ1) is 18.7. The number of para-hydroxylation sites is 1. The Morgan fingerprint density at radius 3 is 2.62 bits per heavy atom. The summed E-state index contributed by atoms with van der Waals surface area (Å²) in [7, 11) is 3.09. The highest BCUT2D eigenvalue weighted by molar-refractivity contribution is 6.09. The highest BCUT2D eigenvalue weighted by Crippen LogP contribution is 2.30. The van der Waals surface area contributed by atoms with E-state index >= 15 is 0 Å². The van der Waals surface area contributed by atoms with E-state index in [0.717, 1.165) is 27.5 Å². The van der Waals surface area contributed by atoms with Crippen molar-refractivity contribution in [3.05, 3.63) is 53.6 Å². The number of carbonyl (C=O) groups excluding carboxylic acids is 1. The van der Waals surface area contributed by atoms with Crippen molar-refractivity contribution in [1.29, 1.82) is 0 Å². The van der Waals surface area contributed by atoms with Crippen LogP contribution in [-0.4, -0.2) is 34.9 Å². The van der Waals surface area contributed by atoms with Crippen LogP contribution in [0.15, 0.2) is 42.5 Å². The number of aryl methyl sites for hydroxylation is 2. The fourth-order valence-electron chi connectivity index (χ4n) is 3.40. The maximum atomic E-state index is 12.9. The molecule has 2 heterocycles. The second-order valence-corrected chi connectivity index (χ2v) is 6.69. The van der Waals surface area contributed by atoms with Gasteiger partial charge in [-0.1, -0.05) is 18.2 Å². The topological polar surface area (TPSA) is 78.3 Å². The highest BCUT2D eigenvalue weighted by atomic mass is 16.5. The number of hydrogen-bond donors (Lipinski definition) is 1. The Labute approximate surface area is 168 Å². The number of amides is 1. The van der Waals surface area contributed by atoms with Crippen molar-refractivity contribution in [2.45, 2.75) is 20.4 Å². The Hall–Kier alpha value is -3.61. The number of anilines is 1. The number of hydrogen-bond acceptors (Lipinski definition) is 5. The van der Waals surface area contributed by atoms with E-state index in [0.29, 0.717) is 29.4 Å². The molecule has 0 atom stereocenters. The summed E-state index contributed by atoms with van der Waals surface area (Å²) in [4.78, 5) is 17.7. The lowest BCUT2D eigenvalue weighted by atomic mass is 10.1. The van der Waals surface area contributed by atoms with E-state index in [9.17, 15) is 4.79 Å². The van der Waals surface area contributed by atoms with E-state index in [1.807, 2.05) is 38.1 Å². The van der Waals surface area contributed by atoms with Gasteiger partial charge in [-0.3, -0.25) is 4.79 Å². The first-order valence-electron chi connectivity index (χ1n) is 9.36. The third-order valence-corrected chi connectivity index (χ3v) is 4.92. The van der Waals surface area contributed by atoms with Gasteiger partial charge in [-0.15, -0.1) is 0 Å². The maximum absolute atomic E-state index is 12.9. The minimum atomic E-state index is -0.280. The molecular formula is C22H22N4O3. The average molecular weight is 390 g/mol. The molecule has 0 radical (unpaired) electrons. The summed E-state index contributed by atoms with van der Waals surface area (Å²) < 4.78 is 12.3. The minimum Gasteiger partial charge on any atom is -0.493 e. The number of carbonyl (C=O) groups is 1. The fourth-order valence-corrected chi connectivity index (χ4v) is 3.40. The molecule has 0 saturated heterocycles. The largest absolute Gasteiger partial charge is 0.493 e. The third kappa shape index (κ3) is 3.24. The summed E-state index contributed by atoms with van der Waals surface area (Å²) in [5.41, 5.74) is 3.24. The number of ether oxygens (including phenoxy) is 2. The number of benzene rings is 2. The Bertz CT molecular complexity index is 1230. The number of aromatic nitrogens is 3. The number of nitrogens with zero attached hydrogens (tertiary/aromatic N) is 3. The molecular weight excluding hydrogens is 368 g/mol. The Morgan fingerprint density at radius 1 is 1.10 bits per heavy atom. The predicted octanol–water partition coefficient (Wildman–Crippen LogP) is 4.18. The zero-order chi connectivity index (χ0) is 20.5. The van der Waals surface area contributed by atoms with Gasteiger partial charge in [0.25, 0.3) is 5.91 Å². The summed E-state index contributed by atoms with van der Waals surface area (Å²) in [6, 6.07) is 13.1. The first-order chi connectivity index (χ1) is 14.0.